The van der Waals surface area contributed by atoms with E-state index in [1.54, 1.807) is 10.9 Å². The molecular weight excluding hydrogens is 200 g/mol. The lowest BCUT2D eigenvalue weighted by atomic mass is 10.2. The van der Waals surface area contributed by atoms with Crippen LogP contribution in [0.5, 0.6) is 0 Å². The molecule has 4 heteroatoms. The zero-order chi connectivity index (χ0) is 11.4. The summed E-state index contributed by atoms with van der Waals surface area (Å²) in [5, 5.41) is 4.27. The molecule has 0 fully saturated rings. The van der Waals surface area contributed by atoms with Gasteiger partial charge in [0.15, 0.2) is 0 Å². The van der Waals surface area contributed by atoms with Crippen LogP contribution in [0.2, 0.25) is 0 Å². The minimum atomic E-state index is 0.598. The molecule has 1 aromatic carbocycles. The fourth-order valence-electron chi connectivity index (χ4n) is 1.66. The van der Waals surface area contributed by atoms with Crippen LogP contribution in [0.1, 0.15) is 11.1 Å². The minimum absolute atomic E-state index is 0.598. The van der Waals surface area contributed by atoms with Crippen molar-refractivity contribution in [1.82, 2.24) is 9.78 Å². The molecule has 0 saturated carbocycles. The molecule has 4 N–H and O–H groups in total. The van der Waals surface area contributed by atoms with Gasteiger partial charge in [-0.15, -0.1) is 0 Å². The van der Waals surface area contributed by atoms with Crippen molar-refractivity contribution < 1.29 is 0 Å². The van der Waals surface area contributed by atoms with E-state index in [1.165, 1.54) is 5.56 Å². The van der Waals surface area contributed by atoms with Crippen LogP contribution >= 0.6 is 0 Å². The Morgan fingerprint density at radius 1 is 1.19 bits per heavy atom. The summed E-state index contributed by atoms with van der Waals surface area (Å²) >= 11 is 0. The van der Waals surface area contributed by atoms with Gasteiger partial charge in [0.2, 0.25) is 0 Å². The van der Waals surface area contributed by atoms with Crippen LogP contribution in [-0.2, 0) is 13.0 Å². The fourth-order valence-corrected chi connectivity index (χ4v) is 1.66. The topological polar surface area (TPSA) is 69.9 Å². The molecule has 0 aliphatic carbocycles. The Labute approximate surface area is 94.9 Å². The van der Waals surface area contributed by atoms with Crippen molar-refractivity contribution >= 4 is 5.82 Å². The SMILES string of the molecule is NCCc1cnn(Cc2ccccc2)c1N. The van der Waals surface area contributed by atoms with Crippen LogP contribution in [-0.4, -0.2) is 16.3 Å². The third-order valence-electron chi connectivity index (χ3n) is 2.55. The van der Waals surface area contributed by atoms with Gasteiger partial charge in [-0.3, -0.25) is 0 Å². The summed E-state index contributed by atoms with van der Waals surface area (Å²) in [5.41, 5.74) is 13.7. The van der Waals surface area contributed by atoms with Gasteiger partial charge in [0, 0.05) is 5.56 Å². The van der Waals surface area contributed by atoms with E-state index in [9.17, 15) is 0 Å². The fraction of sp³-hybridized carbons (Fsp3) is 0.250. The van der Waals surface area contributed by atoms with Crippen LogP contribution in [0, 0.1) is 0 Å². The molecule has 1 heterocycles. The molecule has 0 aliphatic rings. The summed E-state index contributed by atoms with van der Waals surface area (Å²) in [6.07, 6.45) is 2.58. The first-order valence-corrected chi connectivity index (χ1v) is 5.35. The highest BCUT2D eigenvalue weighted by molar-refractivity contribution is 5.39. The largest absolute Gasteiger partial charge is 0.384 e. The summed E-state index contributed by atoms with van der Waals surface area (Å²) in [7, 11) is 0. The van der Waals surface area contributed by atoms with E-state index in [0.717, 1.165) is 12.0 Å². The molecule has 0 spiro atoms. The first kappa shape index (κ1) is 10.7. The predicted octanol–water partition coefficient (Wildman–Crippen LogP) is 1.01. The highest BCUT2D eigenvalue weighted by atomic mass is 15.3. The number of hydrogen-bond donors (Lipinski definition) is 2. The Bertz CT molecular complexity index is 447. The lowest BCUT2D eigenvalue weighted by Gasteiger charge is -2.05. The maximum atomic E-state index is 5.98. The molecule has 1 aromatic heterocycles. The first-order valence-electron chi connectivity index (χ1n) is 5.35. The van der Waals surface area contributed by atoms with Crippen LogP contribution in [0.4, 0.5) is 5.82 Å². The molecular formula is C12H16N4. The Hall–Kier alpha value is -1.81. The third kappa shape index (κ3) is 2.23. The number of benzene rings is 1. The monoisotopic (exact) mass is 216 g/mol. The summed E-state index contributed by atoms with van der Waals surface area (Å²) in [4.78, 5) is 0. The third-order valence-corrected chi connectivity index (χ3v) is 2.55. The van der Waals surface area contributed by atoms with E-state index < -0.39 is 0 Å². The number of aromatic nitrogens is 2. The van der Waals surface area contributed by atoms with Crippen LogP contribution in [0.25, 0.3) is 0 Å². The number of rotatable bonds is 4. The quantitative estimate of drug-likeness (QED) is 0.801. The van der Waals surface area contributed by atoms with Gasteiger partial charge in [0.1, 0.15) is 5.82 Å². The second-order valence-electron chi connectivity index (χ2n) is 3.74. The predicted molar refractivity (Wildman–Crippen MR) is 64.9 cm³/mol. The van der Waals surface area contributed by atoms with Gasteiger partial charge in [-0.1, -0.05) is 30.3 Å². The Kier molecular flexibility index (Phi) is 3.22. The maximum Gasteiger partial charge on any atom is 0.125 e. The summed E-state index contributed by atoms with van der Waals surface area (Å²) in [6, 6.07) is 10.1. The van der Waals surface area contributed by atoms with Crippen molar-refractivity contribution in [2.45, 2.75) is 13.0 Å². The lowest BCUT2D eigenvalue weighted by molar-refractivity contribution is 0.697. The average Bonchev–Trinajstić information content (AvgIpc) is 2.64. The second kappa shape index (κ2) is 4.81. The van der Waals surface area contributed by atoms with E-state index in [1.807, 2.05) is 18.2 Å². The normalized spacial score (nSPS) is 10.6. The molecule has 0 unspecified atom stereocenters. The van der Waals surface area contributed by atoms with Crippen LogP contribution in [0.3, 0.4) is 0 Å². The highest BCUT2D eigenvalue weighted by Gasteiger charge is 2.06. The van der Waals surface area contributed by atoms with Crippen molar-refractivity contribution in [3.63, 3.8) is 0 Å². The Morgan fingerprint density at radius 3 is 2.62 bits per heavy atom. The van der Waals surface area contributed by atoms with E-state index in [-0.39, 0.29) is 0 Å². The molecule has 0 saturated heterocycles. The molecule has 84 valence electrons. The first-order chi connectivity index (χ1) is 7.81. The van der Waals surface area contributed by atoms with Gasteiger partial charge in [-0.25, -0.2) is 4.68 Å². The molecule has 2 aromatic rings. The van der Waals surface area contributed by atoms with Crippen molar-refractivity contribution in [2.24, 2.45) is 5.73 Å². The van der Waals surface area contributed by atoms with Gasteiger partial charge in [0.05, 0.1) is 12.7 Å². The van der Waals surface area contributed by atoms with Gasteiger partial charge in [-0.2, -0.15) is 5.10 Å². The zero-order valence-electron chi connectivity index (χ0n) is 9.13. The Balaban J connectivity index is 2.16. The van der Waals surface area contributed by atoms with Crippen LogP contribution in [0.15, 0.2) is 36.5 Å². The summed E-state index contributed by atoms with van der Waals surface area (Å²) < 4.78 is 1.81. The standard InChI is InChI=1S/C12H16N4/c13-7-6-11-8-15-16(12(11)14)9-10-4-2-1-3-5-10/h1-5,8H,6-7,9,13-14H2. The van der Waals surface area contributed by atoms with Crippen molar-refractivity contribution in [3.8, 4) is 0 Å². The number of anilines is 1. The van der Waals surface area contributed by atoms with Crippen molar-refractivity contribution in [1.29, 1.82) is 0 Å². The van der Waals surface area contributed by atoms with Gasteiger partial charge < -0.3 is 11.5 Å². The summed E-state index contributed by atoms with van der Waals surface area (Å²) in [5.74, 6) is 0.717. The summed E-state index contributed by atoms with van der Waals surface area (Å²) in [6.45, 7) is 1.30. The van der Waals surface area contributed by atoms with Gasteiger partial charge >= 0.3 is 0 Å². The van der Waals surface area contributed by atoms with Crippen LogP contribution < -0.4 is 11.5 Å². The van der Waals surface area contributed by atoms with E-state index in [0.29, 0.717) is 18.9 Å². The average molecular weight is 216 g/mol. The van der Waals surface area contributed by atoms with Gasteiger partial charge in [-0.05, 0) is 18.5 Å². The molecule has 0 atom stereocenters. The minimum Gasteiger partial charge on any atom is -0.384 e. The lowest BCUT2D eigenvalue weighted by Crippen LogP contribution is -2.08. The molecule has 2 rings (SSSR count). The zero-order valence-corrected chi connectivity index (χ0v) is 9.13. The van der Waals surface area contributed by atoms with E-state index >= 15 is 0 Å². The smallest absolute Gasteiger partial charge is 0.125 e. The number of nitrogens with two attached hydrogens (primary N) is 2. The number of nitrogen functional groups attached to an aromatic ring is 1. The molecule has 0 bridgehead atoms. The molecule has 4 nitrogen and oxygen atoms in total. The van der Waals surface area contributed by atoms with E-state index in [2.05, 4.69) is 17.2 Å². The van der Waals surface area contributed by atoms with E-state index in [4.69, 9.17) is 11.5 Å². The van der Waals surface area contributed by atoms with Crippen molar-refractivity contribution in [2.75, 3.05) is 12.3 Å². The molecule has 0 aliphatic heterocycles. The molecule has 16 heavy (non-hydrogen) atoms. The molecule has 0 amide bonds. The molecule has 0 radical (unpaired) electrons. The number of nitrogens with zero attached hydrogens (tertiary/aromatic N) is 2. The second-order valence-corrected chi connectivity index (χ2v) is 3.74. The van der Waals surface area contributed by atoms with Gasteiger partial charge in [0.25, 0.3) is 0 Å². The van der Waals surface area contributed by atoms with Crippen molar-refractivity contribution in [3.05, 3.63) is 47.7 Å². The highest BCUT2D eigenvalue weighted by Crippen LogP contribution is 2.13. The number of hydrogen-bond acceptors (Lipinski definition) is 3. The Morgan fingerprint density at radius 2 is 1.94 bits per heavy atom. The maximum absolute atomic E-state index is 5.98.